The number of rotatable bonds is 2. The molecule has 2 rings (SSSR count). The SMILES string of the molecule is O=C(O)CC1Cc2ccccc2CN(C(F)(F)F)C1. The van der Waals surface area contributed by atoms with Gasteiger partial charge in [0.25, 0.3) is 0 Å². The number of benzene rings is 1. The maximum atomic E-state index is 12.9. The number of halogens is 3. The van der Waals surface area contributed by atoms with Crippen molar-refractivity contribution >= 4 is 5.97 Å². The minimum atomic E-state index is -4.44. The molecule has 0 bridgehead atoms. The molecule has 1 atom stereocenters. The average molecular weight is 273 g/mol. The smallest absolute Gasteiger partial charge is 0.460 e. The van der Waals surface area contributed by atoms with Crippen LogP contribution in [0.5, 0.6) is 0 Å². The first-order chi connectivity index (χ1) is 8.86. The molecule has 19 heavy (non-hydrogen) atoms. The van der Waals surface area contributed by atoms with Crippen LogP contribution in [0, 0.1) is 5.92 Å². The topological polar surface area (TPSA) is 40.5 Å². The number of hydrogen-bond donors (Lipinski definition) is 1. The summed E-state index contributed by atoms with van der Waals surface area (Å²) in [6.45, 7) is -0.486. The lowest BCUT2D eigenvalue weighted by Crippen LogP contribution is -2.40. The standard InChI is InChI=1S/C13H14F3NO2/c14-13(15,16)17-7-9(6-12(18)19)5-10-3-1-2-4-11(10)8-17/h1-4,9H,5-8H2,(H,18,19). The van der Waals surface area contributed by atoms with E-state index in [9.17, 15) is 18.0 Å². The van der Waals surface area contributed by atoms with Crippen LogP contribution in [0.4, 0.5) is 13.2 Å². The van der Waals surface area contributed by atoms with Crippen LogP contribution in [0.1, 0.15) is 17.5 Å². The molecule has 3 nitrogen and oxygen atoms in total. The second kappa shape index (κ2) is 5.21. The second-order valence-electron chi connectivity index (χ2n) is 4.79. The van der Waals surface area contributed by atoms with E-state index >= 15 is 0 Å². The second-order valence-corrected chi connectivity index (χ2v) is 4.79. The molecular weight excluding hydrogens is 259 g/mol. The van der Waals surface area contributed by atoms with E-state index < -0.39 is 18.2 Å². The molecule has 1 heterocycles. The van der Waals surface area contributed by atoms with E-state index in [1.807, 2.05) is 0 Å². The fraction of sp³-hybridized carbons (Fsp3) is 0.462. The summed E-state index contributed by atoms with van der Waals surface area (Å²) in [5.41, 5.74) is 1.42. The van der Waals surface area contributed by atoms with Crippen molar-refractivity contribution in [2.75, 3.05) is 6.54 Å². The Kier molecular flexibility index (Phi) is 3.80. The highest BCUT2D eigenvalue weighted by Crippen LogP contribution is 2.31. The van der Waals surface area contributed by atoms with Crippen molar-refractivity contribution in [2.45, 2.75) is 25.7 Å². The first-order valence-corrected chi connectivity index (χ1v) is 5.96. The van der Waals surface area contributed by atoms with Gasteiger partial charge in [0.15, 0.2) is 0 Å². The summed E-state index contributed by atoms with van der Waals surface area (Å²) >= 11 is 0. The largest absolute Gasteiger partial charge is 0.481 e. The monoisotopic (exact) mass is 273 g/mol. The molecule has 0 fully saturated rings. The van der Waals surface area contributed by atoms with Gasteiger partial charge in [0.05, 0.1) is 0 Å². The Morgan fingerprint density at radius 2 is 1.95 bits per heavy atom. The summed E-state index contributed by atoms with van der Waals surface area (Å²) in [4.78, 5) is 11.1. The molecule has 104 valence electrons. The Hall–Kier alpha value is -1.56. The van der Waals surface area contributed by atoms with Gasteiger partial charge in [0.1, 0.15) is 0 Å². The predicted molar refractivity (Wildman–Crippen MR) is 62.4 cm³/mol. The van der Waals surface area contributed by atoms with Crippen molar-refractivity contribution in [1.29, 1.82) is 0 Å². The van der Waals surface area contributed by atoms with E-state index in [1.165, 1.54) is 0 Å². The van der Waals surface area contributed by atoms with Gasteiger partial charge in [-0.2, -0.15) is 13.2 Å². The Bertz CT molecular complexity index is 473. The molecular formula is C13H14F3NO2. The van der Waals surface area contributed by atoms with Crippen LogP contribution in [0.3, 0.4) is 0 Å². The van der Waals surface area contributed by atoms with E-state index in [2.05, 4.69) is 0 Å². The summed E-state index contributed by atoms with van der Waals surface area (Å²) in [5, 5.41) is 8.79. The third kappa shape index (κ3) is 3.47. The molecule has 1 aliphatic rings. The minimum Gasteiger partial charge on any atom is -0.481 e. The van der Waals surface area contributed by atoms with Crippen molar-refractivity contribution in [3.05, 3.63) is 35.4 Å². The predicted octanol–water partition coefficient (Wildman–Crippen LogP) is 2.66. The molecule has 1 N–H and O–H groups in total. The van der Waals surface area contributed by atoms with E-state index in [0.29, 0.717) is 16.9 Å². The third-order valence-electron chi connectivity index (χ3n) is 3.29. The number of aliphatic carboxylic acids is 1. The first kappa shape index (κ1) is 13.9. The van der Waals surface area contributed by atoms with Crippen molar-refractivity contribution in [3.8, 4) is 0 Å². The zero-order chi connectivity index (χ0) is 14.0. The zero-order valence-corrected chi connectivity index (χ0v) is 10.2. The van der Waals surface area contributed by atoms with Gasteiger partial charge in [-0.05, 0) is 23.5 Å². The van der Waals surface area contributed by atoms with E-state index in [4.69, 9.17) is 5.11 Å². The van der Waals surface area contributed by atoms with E-state index in [-0.39, 0.29) is 19.5 Å². The first-order valence-electron chi connectivity index (χ1n) is 5.96. The lowest BCUT2D eigenvalue weighted by molar-refractivity contribution is -0.252. The molecule has 0 aromatic heterocycles. The summed E-state index contributed by atoms with van der Waals surface area (Å²) in [7, 11) is 0. The maximum absolute atomic E-state index is 12.9. The van der Waals surface area contributed by atoms with Crippen molar-refractivity contribution in [2.24, 2.45) is 5.92 Å². The van der Waals surface area contributed by atoms with Gasteiger partial charge in [-0.25, -0.2) is 4.90 Å². The third-order valence-corrected chi connectivity index (χ3v) is 3.29. The lowest BCUT2D eigenvalue weighted by atomic mass is 9.95. The Labute approximate surface area is 108 Å². The Balaban J connectivity index is 2.29. The zero-order valence-electron chi connectivity index (χ0n) is 10.2. The lowest BCUT2D eigenvalue weighted by Gasteiger charge is -2.25. The molecule has 0 amide bonds. The quantitative estimate of drug-likeness (QED) is 0.842. The van der Waals surface area contributed by atoms with Gasteiger partial charge in [0, 0.05) is 19.5 Å². The van der Waals surface area contributed by atoms with Crippen molar-refractivity contribution in [3.63, 3.8) is 0 Å². The van der Waals surface area contributed by atoms with Crippen LogP contribution in [-0.4, -0.2) is 28.8 Å². The number of fused-ring (bicyclic) bond motifs is 1. The summed E-state index contributed by atoms with van der Waals surface area (Å²) in [5.74, 6) is -1.59. The fourth-order valence-corrected chi connectivity index (χ4v) is 2.45. The number of alkyl halides is 3. The van der Waals surface area contributed by atoms with Gasteiger partial charge in [-0.3, -0.25) is 4.79 Å². The van der Waals surface area contributed by atoms with Gasteiger partial charge >= 0.3 is 12.3 Å². The maximum Gasteiger partial charge on any atom is 0.460 e. The van der Waals surface area contributed by atoms with Gasteiger partial charge in [0.2, 0.25) is 0 Å². The number of carbonyl (C=O) groups is 1. The van der Waals surface area contributed by atoms with Crippen molar-refractivity contribution in [1.82, 2.24) is 4.90 Å². The molecule has 1 aromatic rings. The highest BCUT2D eigenvalue weighted by atomic mass is 19.4. The molecule has 1 aliphatic heterocycles. The van der Waals surface area contributed by atoms with Gasteiger partial charge < -0.3 is 5.11 Å². The number of carboxylic acid groups (broad SMARTS) is 1. The molecule has 1 aromatic carbocycles. The Morgan fingerprint density at radius 1 is 1.32 bits per heavy atom. The number of carboxylic acids is 1. The highest BCUT2D eigenvalue weighted by Gasteiger charge is 2.40. The molecule has 0 aliphatic carbocycles. The molecule has 6 heteroatoms. The number of hydrogen-bond acceptors (Lipinski definition) is 2. The summed E-state index contributed by atoms with van der Waals surface area (Å²) < 4.78 is 38.7. The average Bonchev–Trinajstić information content (AvgIpc) is 2.46. The summed E-state index contributed by atoms with van der Waals surface area (Å²) in [6.07, 6.45) is -4.32. The van der Waals surface area contributed by atoms with Gasteiger partial charge in [-0.1, -0.05) is 24.3 Å². The van der Waals surface area contributed by atoms with Crippen LogP contribution in [0.2, 0.25) is 0 Å². The van der Waals surface area contributed by atoms with Crippen LogP contribution in [0.15, 0.2) is 24.3 Å². The van der Waals surface area contributed by atoms with Crippen LogP contribution < -0.4 is 0 Å². The fourth-order valence-electron chi connectivity index (χ4n) is 2.45. The molecule has 0 spiro atoms. The summed E-state index contributed by atoms with van der Waals surface area (Å²) in [6, 6.07) is 6.89. The Morgan fingerprint density at radius 3 is 2.53 bits per heavy atom. The van der Waals surface area contributed by atoms with Crippen LogP contribution in [-0.2, 0) is 17.8 Å². The van der Waals surface area contributed by atoms with Gasteiger partial charge in [-0.15, -0.1) is 0 Å². The van der Waals surface area contributed by atoms with Crippen LogP contribution >= 0.6 is 0 Å². The van der Waals surface area contributed by atoms with Crippen LogP contribution in [0.25, 0.3) is 0 Å². The normalized spacial score (nSPS) is 20.7. The molecule has 0 radical (unpaired) electrons. The molecule has 0 saturated carbocycles. The number of nitrogens with zero attached hydrogens (tertiary/aromatic N) is 1. The highest BCUT2D eigenvalue weighted by molar-refractivity contribution is 5.67. The van der Waals surface area contributed by atoms with E-state index in [0.717, 1.165) is 5.56 Å². The van der Waals surface area contributed by atoms with Crippen molar-refractivity contribution < 1.29 is 23.1 Å². The molecule has 0 saturated heterocycles. The van der Waals surface area contributed by atoms with E-state index in [1.54, 1.807) is 24.3 Å². The minimum absolute atomic E-state index is 0.213. The molecule has 1 unspecified atom stereocenters.